The Morgan fingerprint density at radius 3 is 2.67 bits per heavy atom. The van der Waals surface area contributed by atoms with Gasteiger partial charge in [0.15, 0.2) is 4.34 Å². The summed E-state index contributed by atoms with van der Waals surface area (Å²) in [6.45, 7) is 10.3. The van der Waals surface area contributed by atoms with Crippen molar-refractivity contribution in [3.05, 3.63) is 40.4 Å². The van der Waals surface area contributed by atoms with Crippen LogP contribution < -0.4 is 4.90 Å². The molecule has 1 aromatic heterocycles. The Balaban J connectivity index is 1.90. The lowest BCUT2D eigenvalue weighted by Gasteiger charge is -2.41. The monoisotopic (exact) mass is 359 g/mol. The third kappa shape index (κ3) is 3.26. The van der Waals surface area contributed by atoms with Crippen LogP contribution in [0.15, 0.2) is 28.6 Å². The second-order valence-corrected chi connectivity index (χ2v) is 9.01. The van der Waals surface area contributed by atoms with Crippen molar-refractivity contribution in [1.29, 1.82) is 0 Å². The van der Waals surface area contributed by atoms with Crippen molar-refractivity contribution in [3.63, 3.8) is 0 Å². The molecule has 0 radical (unpaired) electrons. The molecule has 1 aromatic carbocycles. The summed E-state index contributed by atoms with van der Waals surface area (Å²) < 4.78 is 0.840. The Labute approximate surface area is 151 Å². The van der Waals surface area contributed by atoms with Crippen molar-refractivity contribution in [3.8, 4) is 0 Å². The van der Waals surface area contributed by atoms with Crippen molar-refractivity contribution in [2.75, 3.05) is 10.7 Å². The molecule has 2 aromatic rings. The van der Waals surface area contributed by atoms with Crippen molar-refractivity contribution in [1.82, 2.24) is 10.2 Å². The average Bonchev–Trinajstić information content (AvgIpc) is 2.89. The zero-order valence-corrected chi connectivity index (χ0v) is 16.2. The van der Waals surface area contributed by atoms with Crippen molar-refractivity contribution in [2.24, 2.45) is 0 Å². The van der Waals surface area contributed by atoms with Gasteiger partial charge in [-0.05, 0) is 51.8 Å². The minimum absolute atomic E-state index is 0.0912. The summed E-state index contributed by atoms with van der Waals surface area (Å²) in [6.07, 6.45) is 2.17. The van der Waals surface area contributed by atoms with Gasteiger partial charge in [0, 0.05) is 5.56 Å². The van der Waals surface area contributed by atoms with E-state index in [-0.39, 0.29) is 11.4 Å². The molecule has 0 aliphatic carbocycles. The number of carbonyl (C=O) groups excluding carboxylic acids is 1. The molecule has 0 fully saturated rings. The maximum Gasteiger partial charge on any atom is 0.238 e. The molecule has 1 aliphatic rings. The SMILES string of the molecule is CC1=CC(C)(C)N(C(=O)CSc2nnc(C)s2)c2cc(C)ccc21. The molecule has 4 nitrogen and oxygen atoms in total. The number of nitrogens with zero attached hydrogens (tertiary/aromatic N) is 3. The van der Waals surface area contributed by atoms with E-state index < -0.39 is 0 Å². The van der Waals surface area contributed by atoms with E-state index in [1.165, 1.54) is 28.7 Å². The van der Waals surface area contributed by atoms with Gasteiger partial charge >= 0.3 is 0 Å². The van der Waals surface area contributed by atoms with Crippen LogP contribution in [0.2, 0.25) is 0 Å². The van der Waals surface area contributed by atoms with Crippen molar-refractivity contribution >= 4 is 40.3 Å². The summed E-state index contributed by atoms with van der Waals surface area (Å²) in [5, 5.41) is 9.01. The van der Waals surface area contributed by atoms with Gasteiger partial charge < -0.3 is 4.90 Å². The Kier molecular flexibility index (Phi) is 4.53. The Hall–Kier alpha value is -1.66. The minimum Gasteiger partial charge on any atom is -0.302 e. The fourth-order valence-electron chi connectivity index (χ4n) is 3.12. The van der Waals surface area contributed by atoms with Crippen LogP contribution in [0.5, 0.6) is 0 Å². The lowest BCUT2D eigenvalue weighted by Crippen LogP contribution is -2.49. The van der Waals surface area contributed by atoms with Crippen LogP contribution in [0.3, 0.4) is 0 Å². The summed E-state index contributed by atoms with van der Waals surface area (Å²) in [5.74, 6) is 0.451. The minimum atomic E-state index is -0.348. The second-order valence-electron chi connectivity index (χ2n) is 6.61. The van der Waals surface area contributed by atoms with Gasteiger partial charge in [-0.1, -0.05) is 41.3 Å². The molecule has 24 heavy (non-hydrogen) atoms. The lowest BCUT2D eigenvalue weighted by molar-refractivity contribution is -0.116. The molecular formula is C18H21N3OS2. The van der Waals surface area contributed by atoms with Gasteiger partial charge in [-0.25, -0.2) is 0 Å². The Morgan fingerprint density at radius 2 is 2.00 bits per heavy atom. The number of aryl methyl sites for hydroxylation is 2. The van der Waals surface area contributed by atoms with E-state index in [9.17, 15) is 4.79 Å². The van der Waals surface area contributed by atoms with E-state index in [1.807, 2.05) is 11.8 Å². The fraction of sp³-hybridized carbons (Fsp3) is 0.389. The average molecular weight is 360 g/mol. The first-order chi connectivity index (χ1) is 11.3. The highest BCUT2D eigenvalue weighted by Gasteiger charge is 2.35. The summed E-state index contributed by atoms with van der Waals surface area (Å²) in [4.78, 5) is 14.9. The van der Waals surface area contributed by atoms with Gasteiger partial charge in [0.2, 0.25) is 5.91 Å². The van der Waals surface area contributed by atoms with Gasteiger partial charge in [0.05, 0.1) is 17.0 Å². The predicted octanol–water partition coefficient (Wildman–Crippen LogP) is 4.48. The van der Waals surface area contributed by atoms with Gasteiger partial charge in [-0.3, -0.25) is 4.79 Å². The fourth-order valence-corrected chi connectivity index (χ4v) is 4.79. The number of rotatable bonds is 3. The van der Waals surface area contributed by atoms with E-state index in [1.54, 1.807) is 0 Å². The molecule has 6 heteroatoms. The van der Waals surface area contributed by atoms with Crippen molar-refractivity contribution in [2.45, 2.75) is 44.5 Å². The van der Waals surface area contributed by atoms with Crippen LogP contribution in [0.1, 0.15) is 36.9 Å². The number of aromatic nitrogens is 2. The molecule has 2 heterocycles. The van der Waals surface area contributed by atoms with E-state index in [0.717, 1.165) is 26.2 Å². The van der Waals surface area contributed by atoms with E-state index in [4.69, 9.17) is 0 Å². The normalized spacial score (nSPS) is 15.9. The largest absolute Gasteiger partial charge is 0.302 e. The maximum atomic E-state index is 13.0. The molecule has 0 atom stereocenters. The molecule has 3 rings (SSSR count). The first-order valence-electron chi connectivity index (χ1n) is 7.84. The Bertz CT molecular complexity index is 823. The molecule has 126 valence electrons. The third-order valence-corrected chi connectivity index (χ3v) is 6.00. The number of hydrogen-bond donors (Lipinski definition) is 0. The standard InChI is InChI=1S/C18H21N3OS2/c1-11-6-7-14-12(2)9-18(4,5)21(15(14)8-11)16(22)10-23-17-20-19-13(3)24-17/h6-9H,10H2,1-5H3. The number of benzene rings is 1. The van der Waals surface area contributed by atoms with E-state index >= 15 is 0 Å². The zero-order chi connectivity index (χ0) is 17.5. The maximum absolute atomic E-state index is 13.0. The molecule has 0 spiro atoms. The number of allylic oxidation sites excluding steroid dienone is 1. The summed E-state index contributed by atoms with van der Waals surface area (Å²) in [7, 11) is 0. The number of fused-ring (bicyclic) bond motifs is 1. The predicted molar refractivity (Wildman–Crippen MR) is 102 cm³/mol. The van der Waals surface area contributed by atoms with Crippen LogP contribution in [0, 0.1) is 13.8 Å². The zero-order valence-electron chi connectivity index (χ0n) is 14.6. The molecule has 0 N–H and O–H groups in total. The third-order valence-electron chi connectivity index (χ3n) is 4.04. The molecular weight excluding hydrogens is 338 g/mol. The number of amides is 1. The Morgan fingerprint density at radius 1 is 1.25 bits per heavy atom. The highest BCUT2D eigenvalue weighted by molar-refractivity contribution is 8.01. The van der Waals surface area contributed by atoms with Crippen molar-refractivity contribution < 1.29 is 4.79 Å². The summed E-state index contributed by atoms with van der Waals surface area (Å²) in [6, 6.07) is 6.30. The van der Waals surface area contributed by atoms with Crippen LogP contribution in [0.25, 0.3) is 5.57 Å². The highest BCUT2D eigenvalue weighted by atomic mass is 32.2. The van der Waals surface area contributed by atoms with Gasteiger partial charge in [-0.2, -0.15) is 0 Å². The highest BCUT2D eigenvalue weighted by Crippen LogP contribution is 2.40. The number of thioether (sulfide) groups is 1. The number of carbonyl (C=O) groups is 1. The summed E-state index contributed by atoms with van der Waals surface area (Å²) in [5.41, 5.74) is 4.15. The first kappa shape index (κ1) is 17.2. The molecule has 1 amide bonds. The molecule has 0 unspecified atom stereocenters. The van der Waals surface area contributed by atoms with Crippen LogP contribution >= 0.6 is 23.1 Å². The van der Waals surface area contributed by atoms with E-state index in [2.05, 4.69) is 62.2 Å². The van der Waals surface area contributed by atoms with Crippen LogP contribution in [0.4, 0.5) is 5.69 Å². The molecule has 0 saturated carbocycles. The number of anilines is 1. The molecule has 0 bridgehead atoms. The molecule has 0 saturated heterocycles. The lowest BCUT2D eigenvalue weighted by atomic mass is 9.88. The van der Waals surface area contributed by atoms with Crippen LogP contribution in [-0.4, -0.2) is 27.4 Å². The van der Waals surface area contributed by atoms with Gasteiger partial charge in [0.1, 0.15) is 5.01 Å². The van der Waals surface area contributed by atoms with Crippen LogP contribution in [-0.2, 0) is 4.79 Å². The summed E-state index contributed by atoms with van der Waals surface area (Å²) >= 11 is 2.98. The topological polar surface area (TPSA) is 46.1 Å². The van der Waals surface area contributed by atoms with Gasteiger partial charge in [-0.15, -0.1) is 10.2 Å². The second kappa shape index (κ2) is 6.33. The van der Waals surface area contributed by atoms with E-state index in [0.29, 0.717) is 5.75 Å². The smallest absolute Gasteiger partial charge is 0.238 e. The number of hydrogen-bond acceptors (Lipinski definition) is 5. The first-order valence-corrected chi connectivity index (χ1v) is 9.64. The van der Waals surface area contributed by atoms with Gasteiger partial charge in [0.25, 0.3) is 0 Å². The quantitative estimate of drug-likeness (QED) is 0.758. The molecule has 1 aliphatic heterocycles.